The zero-order chi connectivity index (χ0) is 25.7. The Morgan fingerprint density at radius 2 is 1.65 bits per heavy atom. The van der Waals surface area contributed by atoms with Crippen molar-refractivity contribution in [3.05, 3.63) is 97.1 Å². The topological polar surface area (TPSA) is 68.4 Å². The van der Waals surface area contributed by atoms with Crippen molar-refractivity contribution < 1.29 is 17.9 Å². The molecule has 10 heteroatoms. The second-order valence-corrected chi connectivity index (χ2v) is 8.30. The van der Waals surface area contributed by atoms with Gasteiger partial charge in [0.05, 0.1) is 18.5 Å². The van der Waals surface area contributed by atoms with E-state index < -0.39 is 12.7 Å². The largest absolute Gasteiger partial charge is 0.493 e. The molecule has 0 amide bonds. The summed E-state index contributed by atoms with van der Waals surface area (Å²) in [6, 6.07) is 19.4. The Bertz CT molecular complexity index is 1460. The van der Waals surface area contributed by atoms with E-state index in [-0.39, 0.29) is 11.6 Å². The van der Waals surface area contributed by atoms with Crippen molar-refractivity contribution in [3.63, 3.8) is 0 Å². The predicted octanol–water partition coefficient (Wildman–Crippen LogP) is 5.90. The molecule has 0 atom stereocenters. The van der Waals surface area contributed by atoms with Crippen molar-refractivity contribution >= 4 is 17.3 Å². The number of hydrogen-bond acceptors (Lipinski definition) is 6. The number of para-hydroxylation sites is 1. The van der Waals surface area contributed by atoms with Crippen LogP contribution >= 0.6 is 0 Å². The van der Waals surface area contributed by atoms with E-state index >= 15 is 0 Å². The maximum atomic E-state index is 13.4. The van der Waals surface area contributed by atoms with E-state index in [1.54, 1.807) is 36.8 Å². The van der Waals surface area contributed by atoms with E-state index in [4.69, 9.17) is 4.74 Å². The Morgan fingerprint density at radius 1 is 0.838 bits per heavy atom. The molecule has 7 nitrogen and oxygen atoms in total. The third kappa shape index (κ3) is 5.85. The first-order chi connectivity index (χ1) is 18.0. The van der Waals surface area contributed by atoms with E-state index in [1.165, 1.54) is 28.4 Å². The van der Waals surface area contributed by atoms with Crippen molar-refractivity contribution in [2.75, 3.05) is 18.1 Å². The lowest BCUT2D eigenvalue weighted by Crippen LogP contribution is -2.32. The Kier molecular flexibility index (Phi) is 6.98. The number of alkyl halides is 3. The molecule has 5 rings (SSSR count). The molecule has 188 valence electrons. The molecule has 0 aliphatic carbocycles. The lowest BCUT2D eigenvalue weighted by Gasteiger charge is -2.24. The lowest BCUT2D eigenvalue weighted by atomic mass is 10.1. The summed E-state index contributed by atoms with van der Waals surface area (Å²) >= 11 is 0. The van der Waals surface area contributed by atoms with Crippen LogP contribution in [-0.2, 0) is 6.42 Å². The van der Waals surface area contributed by atoms with Crippen LogP contribution in [0, 0.1) is 0 Å². The molecule has 0 spiro atoms. The minimum atomic E-state index is -4.46. The molecule has 0 unspecified atom stereocenters. The van der Waals surface area contributed by atoms with Gasteiger partial charge < -0.3 is 9.64 Å². The van der Waals surface area contributed by atoms with E-state index in [0.29, 0.717) is 23.7 Å². The van der Waals surface area contributed by atoms with E-state index in [0.717, 1.165) is 23.3 Å². The molecule has 0 saturated heterocycles. The van der Waals surface area contributed by atoms with Crippen molar-refractivity contribution in [1.29, 1.82) is 0 Å². The van der Waals surface area contributed by atoms with E-state index in [1.807, 2.05) is 36.4 Å². The number of aryl methyl sites for hydroxylation is 1. The predicted molar refractivity (Wildman–Crippen MR) is 134 cm³/mol. The van der Waals surface area contributed by atoms with Crippen LogP contribution in [0.25, 0.3) is 16.9 Å². The monoisotopic (exact) mass is 504 g/mol. The third-order valence-corrected chi connectivity index (χ3v) is 5.67. The minimum Gasteiger partial charge on any atom is -0.493 e. The minimum absolute atomic E-state index is 0.0959. The number of imidazole rings is 1. The summed E-state index contributed by atoms with van der Waals surface area (Å²) in [5.74, 6) is 0.882. The van der Waals surface area contributed by atoms with Gasteiger partial charge in [0.1, 0.15) is 18.1 Å². The highest BCUT2D eigenvalue weighted by Gasteiger charge is 2.33. The number of hydrogen-bond donors (Lipinski definition) is 0. The fraction of sp³-hybridized carbons (Fsp3) is 0.185. The maximum absolute atomic E-state index is 13.4. The van der Waals surface area contributed by atoms with Crippen LogP contribution in [0.1, 0.15) is 12.0 Å². The molecular weight excluding hydrogens is 481 g/mol. The molecule has 0 bridgehead atoms. The first-order valence-corrected chi connectivity index (χ1v) is 11.7. The van der Waals surface area contributed by atoms with Gasteiger partial charge in [0, 0.05) is 24.2 Å². The second-order valence-electron chi connectivity index (χ2n) is 8.30. The van der Waals surface area contributed by atoms with Crippen molar-refractivity contribution in [3.8, 4) is 17.0 Å². The molecule has 0 radical (unpaired) electrons. The molecule has 0 aliphatic heterocycles. The first-order valence-electron chi connectivity index (χ1n) is 11.7. The Morgan fingerprint density at radius 3 is 2.43 bits per heavy atom. The highest BCUT2D eigenvalue weighted by Crippen LogP contribution is 2.32. The number of anilines is 2. The van der Waals surface area contributed by atoms with E-state index in [9.17, 15) is 13.2 Å². The highest BCUT2D eigenvalue weighted by molar-refractivity contribution is 5.70. The van der Waals surface area contributed by atoms with Gasteiger partial charge in [-0.3, -0.25) is 4.98 Å². The van der Waals surface area contributed by atoms with Gasteiger partial charge in [-0.2, -0.15) is 13.2 Å². The van der Waals surface area contributed by atoms with Gasteiger partial charge in [0.2, 0.25) is 0 Å². The summed E-state index contributed by atoms with van der Waals surface area (Å²) in [6.07, 6.45) is 3.82. The lowest BCUT2D eigenvalue weighted by molar-refractivity contribution is -0.118. The fourth-order valence-corrected chi connectivity index (χ4v) is 3.98. The Balaban J connectivity index is 1.43. The van der Waals surface area contributed by atoms with Crippen LogP contribution in [0.15, 0.2) is 91.5 Å². The van der Waals surface area contributed by atoms with Crippen LogP contribution in [0.5, 0.6) is 5.75 Å². The molecule has 0 fully saturated rings. The van der Waals surface area contributed by atoms with Gasteiger partial charge in [-0.15, -0.1) is 5.10 Å². The Hall–Kier alpha value is -4.47. The summed E-state index contributed by atoms with van der Waals surface area (Å²) in [5, 5.41) is 4.53. The van der Waals surface area contributed by atoms with E-state index in [2.05, 4.69) is 20.1 Å². The van der Waals surface area contributed by atoms with Gasteiger partial charge in [-0.25, -0.2) is 14.5 Å². The standard InChI is InChI=1S/C27H23F3N6O/c28-27(29,30)19-35(24-9-3-4-14-32-24)26-11-10-25-33-18-22(36(25)34-26)21-7-1-2-8-23(21)37-17-5-6-20-12-15-31-16-13-20/h1-4,7-16,18H,5-6,17,19H2. The van der Waals surface area contributed by atoms with Gasteiger partial charge in [0.15, 0.2) is 11.5 Å². The Labute approximate surface area is 211 Å². The van der Waals surface area contributed by atoms with Crippen LogP contribution in [0.3, 0.4) is 0 Å². The number of ether oxygens (including phenoxy) is 1. The fourth-order valence-electron chi connectivity index (χ4n) is 3.98. The molecule has 37 heavy (non-hydrogen) atoms. The van der Waals surface area contributed by atoms with Gasteiger partial charge in [0.25, 0.3) is 0 Å². The molecule has 1 aromatic carbocycles. The summed E-state index contributed by atoms with van der Waals surface area (Å²) < 4.78 is 48.0. The molecule has 0 N–H and O–H groups in total. The average molecular weight is 505 g/mol. The summed E-state index contributed by atoms with van der Waals surface area (Å²) in [4.78, 5) is 13.6. The van der Waals surface area contributed by atoms with Gasteiger partial charge in [-0.1, -0.05) is 18.2 Å². The molecule has 4 aromatic heterocycles. The summed E-state index contributed by atoms with van der Waals surface area (Å²) in [7, 11) is 0. The number of halogens is 3. The summed E-state index contributed by atoms with van der Waals surface area (Å²) in [5.41, 5.74) is 3.03. The molecule has 5 aromatic rings. The normalized spacial score (nSPS) is 11.5. The maximum Gasteiger partial charge on any atom is 0.406 e. The zero-order valence-electron chi connectivity index (χ0n) is 19.7. The van der Waals surface area contributed by atoms with Crippen LogP contribution in [0.2, 0.25) is 0 Å². The number of fused-ring (bicyclic) bond motifs is 1. The quantitative estimate of drug-likeness (QED) is 0.233. The smallest absolute Gasteiger partial charge is 0.406 e. The van der Waals surface area contributed by atoms with Crippen LogP contribution in [-0.4, -0.2) is 43.9 Å². The van der Waals surface area contributed by atoms with Crippen molar-refractivity contribution in [2.24, 2.45) is 0 Å². The van der Waals surface area contributed by atoms with Crippen LogP contribution in [0.4, 0.5) is 24.8 Å². The zero-order valence-corrected chi connectivity index (χ0v) is 19.7. The van der Waals surface area contributed by atoms with Gasteiger partial charge in [-0.05, 0) is 66.9 Å². The number of aromatic nitrogens is 5. The SMILES string of the molecule is FC(F)(F)CN(c1ccccn1)c1ccc2ncc(-c3ccccc3OCCCc3ccncc3)n2n1. The second kappa shape index (κ2) is 10.7. The average Bonchev–Trinajstić information content (AvgIpc) is 3.34. The molecule has 0 saturated carbocycles. The molecule has 4 heterocycles. The van der Waals surface area contributed by atoms with Crippen LogP contribution < -0.4 is 9.64 Å². The first kappa shape index (κ1) is 24.2. The molecular formula is C27H23F3N6O. The third-order valence-electron chi connectivity index (χ3n) is 5.67. The number of nitrogens with zero attached hydrogens (tertiary/aromatic N) is 6. The number of rotatable bonds is 9. The summed E-state index contributed by atoms with van der Waals surface area (Å²) in [6.45, 7) is -0.739. The van der Waals surface area contributed by atoms with Crippen molar-refractivity contribution in [1.82, 2.24) is 24.6 Å². The van der Waals surface area contributed by atoms with Crippen molar-refractivity contribution in [2.45, 2.75) is 19.0 Å². The van der Waals surface area contributed by atoms with Gasteiger partial charge >= 0.3 is 6.18 Å². The highest BCUT2D eigenvalue weighted by atomic mass is 19.4. The number of benzene rings is 1. The number of pyridine rings is 2. The molecule has 0 aliphatic rings.